The van der Waals surface area contributed by atoms with Gasteiger partial charge in [-0.1, -0.05) is 39.3 Å². The van der Waals surface area contributed by atoms with Gasteiger partial charge < -0.3 is 0 Å². The van der Waals surface area contributed by atoms with E-state index in [1.165, 1.54) is 12.8 Å². The van der Waals surface area contributed by atoms with Crippen molar-refractivity contribution < 1.29 is 4.39 Å². The zero-order valence-electron chi connectivity index (χ0n) is 17.8. The van der Waals surface area contributed by atoms with Gasteiger partial charge in [0.05, 0.1) is 5.69 Å². The first-order valence-electron chi connectivity index (χ1n) is 10.8. The van der Waals surface area contributed by atoms with E-state index < -0.39 is 0 Å². The maximum absolute atomic E-state index is 14.0. The summed E-state index contributed by atoms with van der Waals surface area (Å²) in [5.74, 6) is 0.865. The summed E-state index contributed by atoms with van der Waals surface area (Å²) in [4.78, 5) is 2.59. The Kier molecular flexibility index (Phi) is 10.1. The highest BCUT2D eigenvalue weighted by Crippen LogP contribution is 2.34. The Balaban J connectivity index is 2.21. The van der Waals surface area contributed by atoms with E-state index in [1.54, 1.807) is 12.1 Å². The highest BCUT2D eigenvalue weighted by Gasteiger charge is 2.21. The first-order chi connectivity index (χ1) is 13.6. The molecule has 4 heteroatoms. The lowest BCUT2D eigenvalue weighted by Crippen LogP contribution is -2.38. The van der Waals surface area contributed by atoms with Gasteiger partial charge in [0.25, 0.3) is 0 Å². The van der Waals surface area contributed by atoms with Gasteiger partial charge in [0, 0.05) is 24.0 Å². The summed E-state index contributed by atoms with van der Waals surface area (Å²) in [5, 5.41) is 0. The van der Waals surface area contributed by atoms with Crippen LogP contribution in [-0.4, -0.2) is 29.8 Å². The molecule has 0 amide bonds. The predicted molar refractivity (Wildman–Crippen MR) is 123 cm³/mol. The van der Waals surface area contributed by atoms with Crippen LogP contribution in [0, 0.1) is 5.82 Å². The molecule has 0 fully saturated rings. The van der Waals surface area contributed by atoms with E-state index in [9.17, 15) is 4.39 Å². The van der Waals surface area contributed by atoms with Crippen LogP contribution in [0.15, 0.2) is 43.1 Å². The first-order valence-corrected chi connectivity index (χ1v) is 11.8. The van der Waals surface area contributed by atoms with Crippen molar-refractivity contribution in [2.45, 2.75) is 71.3 Å². The number of halogens is 1. The van der Waals surface area contributed by atoms with E-state index in [0.717, 1.165) is 74.3 Å². The Bertz CT molecular complexity index is 631. The highest BCUT2D eigenvalue weighted by atomic mass is 32.2. The van der Waals surface area contributed by atoms with E-state index in [-0.39, 0.29) is 5.82 Å². The van der Waals surface area contributed by atoms with Crippen LogP contribution in [0.25, 0.3) is 0 Å². The third-order valence-electron chi connectivity index (χ3n) is 5.53. The molecule has 2 rings (SSSR count). The van der Waals surface area contributed by atoms with Gasteiger partial charge in [-0.15, -0.1) is 6.58 Å². The lowest BCUT2D eigenvalue weighted by molar-refractivity contribution is 0.201. The van der Waals surface area contributed by atoms with Crippen molar-refractivity contribution in [2.24, 2.45) is 0 Å². The Morgan fingerprint density at radius 3 is 2.82 bits per heavy atom. The molecule has 0 spiro atoms. The number of allylic oxidation sites excluding steroid dienone is 1. The summed E-state index contributed by atoms with van der Waals surface area (Å²) in [6.07, 6.45) is 10.7. The lowest BCUT2D eigenvalue weighted by atomic mass is 10.0. The maximum Gasteiger partial charge on any atom is 0.123 e. The molecule has 28 heavy (non-hydrogen) atoms. The number of fused-ring (bicyclic) bond motifs is 1. The van der Waals surface area contributed by atoms with E-state index in [2.05, 4.69) is 36.2 Å². The molecule has 1 aromatic carbocycles. The number of hydrogen-bond acceptors (Lipinski definition) is 3. The summed E-state index contributed by atoms with van der Waals surface area (Å²) in [5.41, 5.74) is 3.36. The fourth-order valence-electron chi connectivity index (χ4n) is 3.93. The Morgan fingerprint density at radius 2 is 2.11 bits per heavy atom. The molecule has 1 aliphatic heterocycles. The van der Waals surface area contributed by atoms with Gasteiger partial charge >= 0.3 is 0 Å². The smallest absolute Gasteiger partial charge is 0.123 e. The SMILES string of the molecule is C=CCC(CC)N1CCCc2cc(F)ccc2N(C(=C)CCCCC)SCC1. The molecular formula is C24H37FN2S. The van der Waals surface area contributed by atoms with Crippen LogP contribution in [0.3, 0.4) is 0 Å². The number of aryl methyl sites for hydroxylation is 1. The normalized spacial score (nSPS) is 17.0. The van der Waals surface area contributed by atoms with Crippen molar-refractivity contribution in [1.29, 1.82) is 0 Å². The Morgan fingerprint density at radius 1 is 1.29 bits per heavy atom. The largest absolute Gasteiger partial charge is 0.299 e. The molecule has 0 aliphatic carbocycles. The average Bonchev–Trinajstić information content (AvgIpc) is 2.69. The van der Waals surface area contributed by atoms with Gasteiger partial charge in [-0.05, 0) is 80.8 Å². The summed E-state index contributed by atoms with van der Waals surface area (Å²) < 4.78 is 16.3. The number of anilines is 1. The lowest BCUT2D eigenvalue weighted by Gasteiger charge is -2.34. The van der Waals surface area contributed by atoms with Gasteiger partial charge in [0.2, 0.25) is 0 Å². The molecule has 0 N–H and O–H groups in total. The van der Waals surface area contributed by atoms with Crippen LogP contribution >= 0.6 is 11.9 Å². The molecule has 1 atom stereocenters. The second-order valence-electron chi connectivity index (χ2n) is 7.65. The molecule has 1 heterocycles. The first kappa shape index (κ1) is 23.0. The monoisotopic (exact) mass is 404 g/mol. The van der Waals surface area contributed by atoms with Crippen molar-refractivity contribution in [3.05, 3.63) is 54.5 Å². The maximum atomic E-state index is 14.0. The van der Waals surface area contributed by atoms with E-state index in [1.807, 2.05) is 24.1 Å². The number of hydrogen-bond donors (Lipinski definition) is 0. The third kappa shape index (κ3) is 6.66. The molecular weight excluding hydrogens is 367 g/mol. The van der Waals surface area contributed by atoms with Crippen molar-refractivity contribution in [1.82, 2.24) is 4.90 Å². The van der Waals surface area contributed by atoms with Gasteiger partial charge in [0.1, 0.15) is 5.82 Å². The predicted octanol–water partition coefficient (Wildman–Crippen LogP) is 6.98. The molecule has 0 saturated carbocycles. The average molecular weight is 405 g/mol. The van der Waals surface area contributed by atoms with Gasteiger partial charge in [-0.25, -0.2) is 4.39 Å². The molecule has 0 aromatic heterocycles. The van der Waals surface area contributed by atoms with Crippen LogP contribution in [0.2, 0.25) is 0 Å². The summed E-state index contributed by atoms with van der Waals surface area (Å²) in [7, 11) is 0. The number of nitrogens with zero attached hydrogens (tertiary/aromatic N) is 2. The van der Waals surface area contributed by atoms with Crippen molar-refractivity contribution in [2.75, 3.05) is 23.1 Å². The second-order valence-corrected chi connectivity index (χ2v) is 8.68. The van der Waals surface area contributed by atoms with E-state index >= 15 is 0 Å². The van der Waals surface area contributed by atoms with Crippen molar-refractivity contribution >= 4 is 17.6 Å². The van der Waals surface area contributed by atoms with E-state index in [0.29, 0.717) is 6.04 Å². The second kappa shape index (κ2) is 12.3. The Hall–Kier alpha value is -1.26. The van der Waals surface area contributed by atoms with Gasteiger partial charge in [-0.3, -0.25) is 9.21 Å². The van der Waals surface area contributed by atoms with Crippen LogP contribution < -0.4 is 4.31 Å². The standard InChI is InChI=1S/C24H37FN2S/c1-5-8-9-12-20(4)27-24-15-14-22(25)19-21(24)13-10-16-26(17-18-28-27)23(7-3)11-6-2/h6,14-15,19,23H,2,4-5,7-13,16-18H2,1,3H3. The summed E-state index contributed by atoms with van der Waals surface area (Å²) in [6, 6.07) is 5.79. The molecule has 0 radical (unpaired) electrons. The summed E-state index contributed by atoms with van der Waals surface area (Å²) in [6.45, 7) is 14.9. The zero-order valence-corrected chi connectivity index (χ0v) is 18.6. The fraction of sp³-hybridized carbons (Fsp3) is 0.583. The minimum atomic E-state index is -0.146. The quantitative estimate of drug-likeness (QED) is 0.249. The van der Waals surface area contributed by atoms with Crippen LogP contribution in [0.5, 0.6) is 0 Å². The van der Waals surface area contributed by atoms with E-state index in [4.69, 9.17) is 0 Å². The van der Waals surface area contributed by atoms with Gasteiger partial charge in [0.15, 0.2) is 0 Å². The molecule has 1 aliphatic rings. The number of rotatable bonds is 9. The molecule has 2 nitrogen and oxygen atoms in total. The minimum Gasteiger partial charge on any atom is -0.299 e. The third-order valence-corrected chi connectivity index (χ3v) is 6.61. The van der Waals surface area contributed by atoms with Gasteiger partial charge in [-0.2, -0.15) is 0 Å². The molecule has 0 bridgehead atoms. The molecule has 1 aromatic rings. The van der Waals surface area contributed by atoms with Crippen LogP contribution in [0.4, 0.5) is 10.1 Å². The number of benzene rings is 1. The van der Waals surface area contributed by atoms with Crippen LogP contribution in [-0.2, 0) is 6.42 Å². The highest BCUT2D eigenvalue weighted by molar-refractivity contribution is 8.00. The topological polar surface area (TPSA) is 6.48 Å². The zero-order chi connectivity index (χ0) is 20.4. The minimum absolute atomic E-state index is 0.146. The van der Waals surface area contributed by atoms with Crippen molar-refractivity contribution in [3.63, 3.8) is 0 Å². The molecule has 1 unspecified atom stereocenters. The van der Waals surface area contributed by atoms with Crippen molar-refractivity contribution in [3.8, 4) is 0 Å². The molecule has 0 saturated heterocycles. The van der Waals surface area contributed by atoms with Crippen LogP contribution in [0.1, 0.15) is 64.4 Å². The molecule has 156 valence electrons. The number of unbranched alkanes of at least 4 members (excludes halogenated alkanes) is 2. The summed E-state index contributed by atoms with van der Waals surface area (Å²) >= 11 is 1.83. The fourth-order valence-corrected chi connectivity index (χ4v) is 5.02. The Labute approximate surface area is 176 Å².